The molecule has 0 bridgehead atoms. The normalized spacial score (nSPS) is 14.3. The lowest BCUT2D eigenvalue weighted by atomic mass is 10.1. The number of hydrogen-bond donors (Lipinski definition) is 2. The Bertz CT molecular complexity index is 761. The van der Waals surface area contributed by atoms with Crippen LogP contribution < -0.4 is 15.4 Å². The molecule has 132 valence electrons. The Balaban J connectivity index is 1.63. The third-order valence-corrected chi connectivity index (χ3v) is 4.33. The van der Waals surface area contributed by atoms with Crippen molar-refractivity contribution in [3.05, 3.63) is 41.6 Å². The number of nitrogens with zero attached hydrogens (tertiary/aromatic N) is 2. The van der Waals surface area contributed by atoms with Gasteiger partial charge in [-0.25, -0.2) is 0 Å². The lowest BCUT2D eigenvalue weighted by Crippen LogP contribution is -2.32. The topological polar surface area (TPSA) is 85.2 Å². The van der Waals surface area contributed by atoms with Crippen molar-refractivity contribution < 1.29 is 14.3 Å². The summed E-state index contributed by atoms with van der Waals surface area (Å²) in [5.74, 6) is -0.112. The summed E-state index contributed by atoms with van der Waals surface area (Å²) in [4.78, 5) is 24.5. The van der Waals surface area contributed by atoms with Gasteiger partial charge in [-0.1, -0.05) is 12.8 Å². The molecule has 0 aliphatic heterocycles. The van der Waals surface area contributed by atoms with Crippen LogP contribution in [0.25, 0.3) is 0 Å². The van der Waals surface area contributed by atoms with E-state index >= 15 is 0 Å². The molecule has 3 rings (SSSR count). The van der Waals surface area contributed by atoms with Gasteiger partial charge in [-0.05, 0) is 37.1 Å². The number of aromatic nitrogens is 2. The molecule has 1 aliphatic carbocycles. The zero-order chi connectivity index (χ0) is 17.8. The lowest BCUT2D eigenvalue weighted by Gasteiger charge is -2.12. The first kappa shape index (κ1) is 17.0. The zero-order valence-corrected chi connectivity index (χ0v) is 14.4. The van der Waals surface area contributed by atoms with E-state index in [1.165, 1.54) is 24.6 Å². The van der Waals surface area contributed by atoms with Gasteiger partial charge < -0.3 is 15.4 Å². The molecule has 2 aromatic rings. The third-order valence-electron chi connectivity index (χ3n) is 4.33. The van der Waals surface area contributed by atoms with Gasteiger partial charge in [0.05, 0.1) is 7.11 Å². The van der Waals surface area contributed by atoms with Crippen LogP contribution in [0.1, 0.15) is 46.4 Å². The summed E-state index contributed by atoms with van der Waals surface area (Å²) in [5, 5.41) is 9.89. The Morgan fingerprint density at radius 3 is 2.48 bits per heavy atom. The van der Waals surface area contributed by atoms with Gasteiger partial charge in [0.2, 0.25) is 5.88 Å². The van der Waals surface area contributed by atoms with Gasteiger partial charge >= 0.3 is 0 Å². The number of aryl methyl sites for hydroxylation is 1. The number of carbonyl (C=O) groups is 2. The van der Waals surface area contributed by atoms with E-state index in [9.17, 15) is 9.59 Å². The quantitative estimate of drug-likeness (QED) is 0.873. The maximum Gasteiger partial charge on any atom is 0.262 e. The summed E-state index contributed by atoms with van der Waals surface area (Å²) in [5.41, 5.74) is 1.55. The smallest absolute Gasteiger partial charge is 0.262 e. The number of anilines is 1. The summed E-state index contributed by atoms with van der Waals surface area (Å²) >= 11 is 0. The van der Waals surface area contributed by atoms with Crippen LogP contribution in [0.3, 0.4) is 0 Å². The van der Waals surface area contributed by atoms with E-state index in [1.54, 1.807) is 37.5 Å². The molecule has 0 atom stereocenters. The Labute approximate surface area is 146 Å². The van der Waals surface area contributed by atoms with E-state index in [-0.39, 0.29) is 23.7 Å². The van der Waals surface area contributed by atoms with Crippen LogP contribution >= 0.6 is 0 Å². The van der Waals surface area contributed by atoms with Gasteiger partial charge in [-0.3, -0.25) is 14.3 Å². The van der Waals surface area contributed by atoms with Gasteiger partial charge in [0.1, 0.15) is 5.56 Å². The fourth-order valence-corrected chi connectivity index (χ4v) is 3.02. The number of ether oxygens (including phenoxy) is 1. The second-order valence-electron chi connectivity index (χ2n) is 6.21. The number of hydrogen-bond acceptors (Lipinski definition) is 4. The number of methoxy groups -OCH3 is 1. The first-order valence-electron chi connectivity index (χ1n) is 8.36. The molecule has 0 radical (unpaired) electrons. The SMILES string of the molecule is COc1nn(C)cc1C(=O)Nc1ccc(C(=O)NC2CCCC2)cc1. The Kier molecular flexibility index (Phi) is 5.02. The molecule has 0 saturated heterocycles. The molecule has 0 unspecified atom stereocenters. The van der Waals surface area contributed by atoms with Crippen LogP contribution in [-0.4, -0.2) is 34.7 Å². The molecule has 1 aliphatic rings. The Hall–Kier alpha value is -2.83. The fraction of sp³-hybridized carbons (Fsp3) is 0.389. The maximum atomic E-state index is 12.3. The Morgan fingerprint density at radius 1 is 1.16 bits per heavy atom. The number of amides is 2. The molecule has 2 amide bonds. The van der Waals surface area contributed by atoms with Crippen molar-refractivity contribution >= 4 is 17.5 Å². The third kappa shape index (κ3) is 3.99. The van der Waals surface area contributed by atoms with Crippen LogP contribution in [0, 0.1) is 0 Å². The van der Waals surface area contributed by atoms with Crippen LogP contribution in [0.5, 0.6) is 5.88 Å². The first-order chi connectivity index (χ1) is 12.1. The number of carbonyl (C=O) groups excluding carboxylic acids is 2. The minimum Gasteiger partial charge on any atom is -0.479 e. The molecule has 1 aromatic heterocycles. The molecule has 7 heteroatoms. The van der Waals surface area contributed by atoms with Gasteiger partial charge in [0.15, 0.2) is 0 Å². The second-order valence-corrected chi connectivity index (χ2v) is 6.21. The second kappa shape index (κ2) is 7.38. The van der Waals surface area contributed by atoms with Crippen molar-refractivity contribution in [1.82, 2.24) is 15.1 Å². The van der Waals surface area contributed by atoms with Crippen LogP contribution in [0.4, 0.5) is 5.69 Å². The molecule has 0 spiro atoms. The van der Waals surface area contributed by atoms with E-state index in [4.69, 9.17) is 4.74 Å². The van der Waals surface area contributed by atoms with E-state index in [0.29, 0.717) is 16.8 Å². The van der Waals surface area contributed by atoms with Gasteiger partial charge in [0, 0.05) is 30.5 Å². The van der Waals surface area contributed by atoms with Crippen molar-refractivity contribution in [2.75, 3.05) is 12.4 Å². The lowest BCUT2D eigenvalue weighted by molar-refractivity contribution is 0.0937. The molecular weight excluding hydrogens is 320 g/mol. The van der Waals surface area contributed by atoms with E-state index in [0.717, 1.165) is 12.8 Å². The molecular formula is C18H22N4O3. The summed E-state index contributed by atoms with van der Waals surface area (Å²) in [6.45, 7) is 0. The largest absolute Gasteiger partial charge is 0.479 e. The number of rotatable bonds is 5. The van der Waals surface area contributed by atoms with Gasteiger partial charge in [-0.2, -0.15) is 0 Å². The molecule has 1 aromatic carbocycles. The number of benzene rings is 1. The molecule has 1 heterocycles. The molecule has 2 N–H and O–H groups in total. The first-order valence-corrected chi connectivity index (χ1v) is 8.36. The summed E-state index contributed by atoms with van der Waals surface area (Å²) in [7, 11) is 3.19. The number of nitrogens with one attached hydrogen (secondary N) is 2. The molecule has 1 fully saturated rings. The van der Waals surface area contributed by atoms with Crippen molar-refractivity contribution in [2.45, 2.75) is 31.7 Å². The fourth-order valence-electron chi connectivity index (χ4n) is 3.02. The molecule has 1 saturated carbocycles. The van der Waals surface area contributed by atoms with E-state index in [2.05, 4.69) is 15.7 Å². The van der Waals surface area contributed by atoms with Gasteiger partial charge in [0.25, 0.3) is 11.8 Å². The van der Waals surface area contributed by atoms with E-state index in [1.807, 2.05) is 0 Å². The highest BCUT2D eigenvalue weighted by Gasteiger charge is 2.19. The van der Waals surface area contributed by atoms with E-state index < -0.39 is 0 Å². The predicted molar refractivity (Wildman–Crippen MR) is 93.9 cm³/mol. The summed E-state index contributed by atoms with van der Waals surface area (Å²) in [6, 6.07) is 7.12. The van der Waals surface area contributed by atoms with Crippen LogP contribution in [0.15, 0.2) is 30.5 Å². The van der Waals surface area contributed by atoms with Crippen molar-refractivity contribution in [3.63, 3.8) is 0 Å². The highest BCUT2D eigenvalue weighted by molar-refractivity contribution is 6.06. The minimum atomic E-state index is -0.312. The monoisotopic (exact) mass is 342 g/mol. The van der Waals surface area contributed by atoms with Gasteiger partial charge in [-0.15, -0.1) is 5.10 Å². The zero-order valence-electron chi connectivity index (χ0n) is 14.4. The standard InChI is InChI=1S/C18H22N4O3/c1-22-11-15(18(21-22)25-2)17(24)20-14-9-7-12(8-10-14)16(23)19-13-5-3-4-6-13/h7-11,13H,3-6H2,1-2H3,(H,19,23)(H,20,24). The highest BCUT2D eigenvalue weighted by Crippen LogP contribution is 2.19. The maximum absolute atomic E-state index is 12.3. The summed E-state index contributed by atoms with van der Waals surface area (Å²) in [6.07, 6.45) is 6.04. The average molecular weight is 342 g/mol. The predicted octanol–water partition coefficient (Wildman–Crippen LogP) is 2.35. The van der Waals surface area contributed by atoms with Crippen molar-refractivity contribution in [2.24, 2.45) is 7.05 Å². The molecule has 25 heavy (non-hydrogen) atoms. The average Bonchev–Trinajstić information content (AvgIpc) is 3.24. The summed E-state index contributed by atoms with van der Waals surface area (Å²) < 4.78 is 6.61. The van der Waals surface area contributed by atoms with Crippen molar-refractivity contribution in [1.29, 1.82) is 0 Å². The Morgan fingerprint density at radius 2 is 1.84 bits per heavy atom. The van der Waals surface area contributed by atoms with Crippen LogP contribution in [-0.2, 0) is 7.05 Å². The van der Waals surface area contributed by atoms with Crippen LogP contribution in [0.2, 0.25) is 0 Å². The van der Waals surface area contributed by atoms with Crippen molar-refractivity contribution in [3.8, 4) is 5.88 Å². The molecule has 7 nitrogen and oxygen atoms in total. The minimum absolute atomic E-state index is 0.0706. The highest BCUT2D eigenvalue weighted by atomic mass is 16.5.